The summed E-state index contributed by atoms with van der Waals surface area (Å²) in [6.45, 7) is 3.06. The van der Waals surface area contributed by atoms with Crippen LogP contribution in [0, 0.1) is 11.8 Å². The van der Waals surface area contributed by atoms with Crippen LogP contribution in [0.15, 0.2) is 65.4 Å². The Hall–Kier alpha value is -2.64. The minimum Gasteiger partial charge on any atom is -0.494 e. The molecule has 4 heteroatoms. The predicted octanol–water partition coefficient (Wildman–Crippen LogP) is 9.39. The Morgan fingerprint density at radius 3 is 1.69 bits per heavy atom. The van der Waals surface area contributed by atoms with Crippen LogP contribution in [0.4, 0.5) is 0 Å². The number of hydrogen-bond acceptors (Lipinski definition) is 3. The SMILES string of the molecule is CCCCCCCCCCCCCCOc1ccc(C#Cc2ccc(-c3ccc(Br)cn3)nc2)cc1. The van der Waals surface area contributed by atoms with Crippen molar-refractivity contribution in [1.82, 2.24) is 9.97 Å². The smallest absolute Gasteiger partial charge is 0.119 e. The van der Waals surface area contributed by atoms with Crippen molar-refractivity contribution in [3.63, 3.8) is 0 Å². The van der Waals surface area contributed by atoms with Gasteiger partial charge in [0.2, 0.25) is 0 Å². The molecule has 0 aliphatic rings. The molecule has 0 fully saturated rings. The summed E-state index contributed by atoms with van der Waals surface area (Å²) in [5.74, 6) is 7.30. The molecule has 0 saturated carbocycles. The molecule has 2 heterocycles. The fraction of sp³-hybridized carbons (Fsp3) is 0.438. The molecule has 0 aliphatic carbocycles. The van der Waals surface area contributed by atoms with Crippen LogP contribution in [0.2, 0.25) is 0 Å². The maximum absolute atomic E-state index is 5.91. The highest BCUT2D eigenvalue weighted by Gasteiger charge is 2.01. The van der Waals surface area contributed by atoms with Crippen molar-refractivity contribution >= 4 is 15.9 Å². The highest BCUT2D eigenvalue weighted by molar-refractivity contribution is 9.10. The van der Waals surface area contributed by atoms with Crippen molar-refractivity contribution in [3.8, 4) is 29.0 Å². The summed E-state index contributed by atoms with van der Waals surface area (Å²) in [4.78, 5) is 8.87. The summed E-state index contributed by atoms with van der Waals surface area (Å²) in [6.07, 6.45) is 19.9. The van der Waals surface area contributed by atoms with Gasteiger partial charge in [-0.3, -0.25) is 9.97 Å². The largest absolute Gasteiger partial charge is 0.494 e. The second-order valence-corrected chi connectivity index (χ2v) is 10.2. The average molecular weight is 548 g/mol. The molecule has 0 saturated heterocycles. The maximum atomic E-state index is 5.91. The Morgan fingerprint density at radius 1 is 0.611 bits per heavy atom. The van der Waals surface area contributed by atoms with Gasteiger partial charge in [0, 0.05) is 28.0 Å². The van der Waals surface area contributed by atoms with Crippen molar-refractivity contribution < 1.29 is 4.74 Å². The summed E-state index contributed by atoms with van der Waals surface area (Å²) in [5, 5.41) is 0. The predicted molar refractivity (Wildman–Crippen MR) is 154 cm³/mol. The van der Waals surface area contributed by atoms with E-state index in [0.717, 1.165) is 45.8 Å². The van der Waals surface area contributed by atoms with Crippen LogP contribution in [-0.2, 0) is 0 Å². The quantitative estimate of drug-likeness (QED) is 0.140. The van der Waals surface area contributed by atoms with Gasteiger partial charge in [0.15, 0.2) is 0 Å². The third kappa shape index (κ3) is 11.0. The van der Waals surface area contributed by atoms with Crippen molar-refractivity contribution in [2.24, 2.45) is 0 Å². The third-order valence-corrected chi connectivity index (χ3v) is 6.69. The minimum absolute atomic E-state index is 0.785. The first kappa shape index (κ1) is 27.9. The van der Waals surface area contributed by atoms with Gasteiger partial charge in [-0.2, -0.15) is 0 Å². The van der Waals surface area contributed by atoms with Gasteiger partial charge in [0.05, 0.1) is 18.0 Å². The lowest BCUT2D eigenvalue weighted by Crippen LogP contribution is -1.97. The zero-order valence-corrected chi connectivity index (χ0v) is 23.2. The van der Waals surface area contributed by atoms with Gasteiger partial charge in [0.1, 0.15) is 5.75 Å². The maximum Gasteiger partial charge on any atom is 0.119 e. The van der Waals surface area contributed by atoms with Gasteiger partial charge in [-0.25, -0.2) is 0 Å². The number of rotatable bonds is 15. The topological polar surface area (TPSA) is 35.0 Å². The van der Waals surface area contributed by atoms with Crippen molar-refractivity contribution in [2.45, 2.75) is 84.0 Å². The second-order valence-electron chi connectivity index (χ2n) is 9.31. The molecule has 0 aliphatic heterocycles. The molecule has 0 radical (unpaired) electrons. The van der Waals surface area contributed by atoms with Crippen LogP contribution in [-0.4, -0.2) is 16.6 Å². The van der Waals surface area contributed by atoms with E-state index >= 15 is 0 Å². The number of aromatic nitrogens is 2. The third-order valence-electron chi connectivity index (χ3n) is 6.23. The molecule has 0 N–H and O–H groups in total. The zero-order valence-electron chi connectivity index (χ0n) is 21.6. The summed E-state index contributed by atoms with van der Waals surface area (Å²) >= 11 is 3.40. The Morgan fingerprint density at radius 2 is 1.14 bits per heavy atom. The van der Waals surface area contributed by atoms with Gasteiger partial charge >= 0.3 is 0 Å². The molecule has 2 aromatic heterocycles. The molecule has 3 nitrogen and oxygen atoms in total. The first-order valence-corrected chi connectivity index (χ1v) is 14.4. The Labute approximate surface area is 226 Å². The van der Waals surface area contributed by atoms with Gasteiger partial charge in [-0.15, -0.1) is 0 Å². The van der Waals surface area contributed by atoms with Gasteiger partial charge in [0.25, 0.3) is 0 Å². The van der Waals surface area contributed by atoms with Crippen molar-refractivity contribution in [1.29, 1.82) is 0 Å². The highest BCUT2D eigenvalue weighted by atomic mass is 79.9. The van der Waals surface area contributed by atoms with E-state index in [1.54, 1.807) is 12.4 Å². The van der Waals surface area contributed by atoms with Gasteiger partial charge in [-0.1, -0.05) is 89.4 Å². The lowest BCUT2D eigenvalue weighted by atomic mass is 10.1. The fourth-order valence-corrected chi connectivity index (χ4v) is 4.29. The van der Waals surface area contributed by atoms with Crippen LogP contribution in [0.25, 0.3) is 11.4 Å². The number of nitrogens with zero attached hydrogens (tertiary/aromatic N) is 2. The highest BCUT2D eigenvalue weighted by Crippen LogP contribution is 2.17. The number of halogens is 1. The normalized spacial score (nSPS) is 10.6. The fourth-order valence-electron chi connectivity index (χ4n) is 4.06. The van der Waals surface area contributed by atoms with Crippen molar-refractivity contribution in [3.05, 3.63) is 76.5 Å². The lowest BCUT2D eigenvalue weighted by molar-refractivity contribution is 0.304. The lowest BCUT2D eigenvalue weighted by Gasteiger charge is -2.06. The van der Waals surface area contributed by atoms with Gasteiger partial charge < -0.3 is 4.74 Å². The monoisotopic (exact) mass is 546 g/mol. The molecule has 3 rings (SSSR count). The second kappa shape index (κ2) is 16.9. The van der Waals surface area contributed by atoms with Crippen LogP contribution in [0.3, 0.4) is 0 Å². The summed E-state index contributed by atoms with van der Waals surface area (Å²) in [6, 6.07) is 15.9. The molecule has 1 aromatic carbocycles. The van der Waals surface area contributed by atoms with E-state index in [-0.39, 0.29) is 0 Å². The number of ether oxygens (including phenoxy) is 1. The van der Waals surface area contributed by atoms with E-state index in [9.17, 15) is 0 Å². The molecule has 0 bridgehead atoms. The average Bonchev–Trinajstić information content (AvgIpc) is 2.91. The molecule has 0 atom stereocenters. The molecular formula is C32H39BrN2O. The number of benzene rings is 1. The molecule has 0 unspecified atom stereocenters. The zero-order chi connectivity index (χ0) is 25.3. The molecule has 190 valence electrons. The Kier molecular flexibility index (Phi) is 13.1. The van der Waals surface area contributed by atoms with Crippen molar-refractivity contribution in [2.75, 3.05) is 6.61 Å². The summed E-state index contributed by atoms with van der Waals surface area (Å²) in [7, 11) is 0. The standard InChI is InChI=1S/C32H39BrN2O/c1-2-3-4-5-6-7-8-9-10-11-12-13-24-36-30-20-16-27(17-21-30)14-15-28-18-22-31(34-25-28)32-23-19-29(33)26-35-32/h16-23,25-26H,2-13,24H2,1H3. The first-order chi connectivity index (χ1) is 17.7. The Bertz CT molecular complexity index is 1050. The van der Waals surface area contributed by atoms with Gasteiger partial charge in [-0.05, 0) is 70.9 Å². The van der Waals surface area contributed by atoms with Crippen LogP contribution < -0.4 is 4.74 Å². The molecule has 0 amide bonds. The summed E-state index contributed by atoms with van der Waals surface area (Å²) < 4.78 is 6.86. The minimum atomic E-state index is 0.785. The number of hydrogen-bond donors (Lipinski definition) is 0. The number of unbranched alkanes of at least 4 members (excludes halogenated alkanes) is 11. The van der Waals surface area contributed by atoms with Crippen LogP contribution in [0.5, 0.6) is 5.75 Å². The first-order valence-electron chi connectivity index (χ1n) is 13.6. The Balaban J connectivity index is 1.28. The number of pyridine rings is 2. The van der Waals surface area contributed by atoms with E-state index in [4.69, 9.17) is 4.74 Å². The molecule has 3 aromatic rings. The van der Waals surface area contributed by atoms with E-state index in [0.29, 0.717) is 0 Å². The molecule has 36 heavy (non-hydrogen) atoms. The van der Waals surface area contributed by atoms with E-state index in [1.807, 2.05) is 48.5 Å². The van der Waals surface area contributed by atoms with E-state index in [1.165, 1.54) is 70.6 Å². The van der Waals surface area contributed by atoms with E-state index in [2.05, 4.69) is 44.7 Å². The molecule has 0 spiro atoms. The van der Waals surface area contributed by atoms with E-state index < -0.39 is 0 Å². The van der Waals surface area contributed by atoms with Crippen LogP contribution >= 0.6 is 15.9 Å². The van der Waals surface area contributed by atoms with Crippen LogP contribution in [0.1, 0.15) is 95.1 Å². The summed E-state index contributed by atoms with van der Waals surface area (Å²) in [5.41, 5.74) is 3.52. The molecular weight excluding hydrogens is 508 g/mol.